The second kappa shape index (κ2) is 11.4. The number of halogens is 3. The van der Waals surface area contributed by atoms with Crippen LogP contribution in [0.5, 0.6) is 0 Å². The molecule has 2 heterocycles. The van der Waals surface area contributed by atoms with Crippen LogP contribution >= 0.6 is 35.6 Å². The van der Waals surface area contributed by atoms with Gasteiger partial charge in [0.15, 0.2) is 5.96 Å². The quantitative estimate of drug-likeness (QED) is 0.332. The van der Waals surface area contributed by atoms with Gasteiger partial charge in [-0.15, -0.1) is 24.0 Å². The first-order valence-electron chi connectivity index (χ1n) is 10.8. The SMILES string of the molecule is I.NC(=NCc1ccc(N2CCC(O)CC2)c(F)c1)N1CCN(c2ccc(Cl)cc2)CC1. The number of aliphatic hydroxyl groups excluding tert-OH is 1. The van der Waals surface area contributed by atoms with Crippen LogP contribution < -0.4 is 15.5 Å². The minimum absolute atomic E-state index is 0. The van der Waals surface area contributed by atoms with E-state index >= 15 is 0 Å². The van der Waals surface area contributed by atoms with Gasteiger partial charge in [-0.3, -0.25) is 0 Å². The first kappa shape index (κ1) is 24.9. The summed E-state index contributed by atoms with van der Waals surface area (Å²) in [5, 5.41) is 10.4. The smallest absolute Gasteiger partial charge is 0.191 e. The molecular formula is C23H30ClFIN5O. The van der Waals surface area contributed by atoms with Gasteiger partial charge in [0, 0.05) is 50.0 Å². The summed E-state index contributed by atoms with van der Waals surface area (Å²) in [5.41, 5.74) is 8.75. The Morgan fingerprint density at radius 3 is 2.28 bits per heavy atom. The molecule has 0 amide bonds. The molecule has 0 atom stereocenters. The summed E-state index contributed by atoms with van der Waals surface area (Å²) in [4.78, 5) is 10.8. The van der Waals surface area contributed by atoms with Gasteiger partial charge in [-0.25, -0.2) is 9.38 Å². The minimum Gasteiger partial charge on any atom is -0.393 e. The third kappa shape index (κ3) is 6.17. The Morgan fingerprint density at radius 1 is 1.00 bits per heavy atom. The van der Waals surface area contributed by atoms with E-state index in [1.807, 2.05) is 35.2 Å². The van der Waals surface area contributed by atoms with Crippen LogP contribution in [0.1, 0.15) is 18.4 Å². The van der Waals surface area contributed by atoms with E-state index in [0.29, 0.717) is 44.1 Å². The van der Waals surface area contributed by atoms with Crippen molar-refractivity contribution in [3.63, 3.8) is 0 Å². The molecule has 2 aliphatic heterocycles. The molecule has 2 aliphatic rings. The van der Waals surface area contributed by atoms with Crippen molar-refractivity contribution in [2.75, 3.05) is 49.1 Å². The summed E-state index contributed by atoms with van der Waals surface area (Å²) < 4.78 is 14.6. The number of nitrogens with zero attached hydrogens (tertiary/aromatic N) is 4. The van der Waals surface area contributed by atoms with E-state index in [2.05, 4.69) is 14.8 Å². The third-order valence-electron chi connectivity index (χ3n) is 6.04. The van der Waals surface area contributed by atoms with Crippen molar-refractivity contribution in [1.82, 2.24) is 4.90 Å². The summed E-state index contributed by atoms with van der Waals surface area (Å²) in [7, 11) is 0. The largest absolute Gasteiger partial charge is 0.393 e. The Bertz CT molecular complexity index is 913. The Balaban J connectivity index is 0.00000289. The van der Waals surface area contributed by atoms with E-state index in [1.54, 1.807) is 6.07 Å². The van der Waals surface area contributed by atoms with Gasteiger partial charge in [0.2, 0.25) is 0 Å². The lowest BCUT2D eigenvalue weighted by Crippen LogP contribution is -2.51. The second-order valence-electron chi connectivity index (χ2n) is 8.13. The number of anilines is 2. The van der Waals surface area contributed by atoms with Crippen LogP contribution in [0.15, 0.2) is 47.5 Å². The van der Waals surface area contributed by atoms with Gasteiger partial charge in [0.25, 0.3) is 0 Å². The van der Waals surface area contributed by atoms with E-state index in [4.69, 9.17) is 17.3 Å². The normalized spacial score (nSPS) is 18.0. The topological polar surface area (TPSA) is 68.3 Å². The number of rotatable bonds is 4. The molecule has 174 valence electrons. The molecule has 0 bridgehead atoms. The number of piperidine rings is 1. The fourth-order valence-corrected chi connectivity index (χ4v) is 4.26. The lowest BCUT2D eigenvalue weighted by atomic mass is 10.1. The average Bonchev–Trinajstić information content (AvgIpc) is 2.79. The highest BCUT2D eigenvalue weighted by Gasteiger charge is 2.20. The van der Waals surface area contributed by atoms with Crippen molar-refractivity contribution in [3.05, 3.63) is 58.9 Å². The second-order valence-corrected chi connectivity index (χ2v) is 8.57. The van der Waals surface area contributed by atoms with E-state index in [-0.39, 0.29) is 35.9 Å². The van der Waals surface area contributed by atoms with Gasteiger partial charge in [-0.05, 0) is 54.8 Å². The van der Waals surface area contributed by atoms with Gasteiger partial charge in [-0.2, -0.15) is 0 Å². The van der Waals surface area contributed by atoms with Crippen molar-refractivity contribution in [2.45, 2.75) is 25.5 Å². The molecule has 0 aromatic heterocycles. The Morgan fingerprint density at radius 2 is 1.66 bits per heavy atom. The van der Waals surface area contributed by atoms with Crippen LogP contribution in [-0.4, -0.2) is 61.3 Å². The number of guanidine groups is 1. The van der Waals surface area contributed by atoms with Gasteiger partial charge in [0.05, 0.1) is 18.3 Å². The highest BCUT2D eigenvalue weighted by Crippen LogP contribution is 2.25. The van der Waals surface area contributed by atoms with Crippen molar-refractivity contribution in [2.24, 2.45) is 10.7 Å². The Labute approximate surface area is 210 Å². The number of hydrogen-bond donors (Lipinski definition) is 2. The molecule has 0 spiro atoms. The van der Waals surface area contributed by atoms with Crippen molar-refractivity contribution >= 4 is 52.9 Å². The zero-order valence-corrected chi connectivity index (χ0v) is 21.0. The summed E-state index contributed by atoms with van der Waals surface area (Å²) in [6.45, 7) is 4.96. The number of nitrogens with two attached hydrogens (primary N) is 1. The van der Waals surface area contributed by atoms with Crippen molar-refractivity contribution < 1.29 is 9.50 Å². The van der Waals surface area contributed by atoms with Gasteiger partial charge < -0.3 is 25.5 Å². The molecule has 0 aliphatic carbocycles. The fraction of sp³-hybridized carbons (Fsp3) is 0.435. The average molecular weight is 574 g/mol. The predicted octanol–water partition coefficient (Wildman–Crippen LogP) is 3.70. The van der Waals surface area contributed by atoms with Crippen LogP contribution in [0.4, 0.5) is 15.8 Å². The van der Waals surface area contributed by atoms with Crippen molar-refractivity contribution in [1.29, 1.82) is 0 Å². The molecule has 4 rings (SSSR count). The third-order valence-corrected chi connectivity index (χ3v) is 6.29. The lowest BCUT2D eigenvalue weighted by Gasteiger charge is -2.36. The summed E-state index contributed by atoms with van der Waals surface area (Å²) in [6, 6.07) is 13.1. The first-order chi connectivity index (χ1) is 15.0. The zero-order valence-electron chi connectivity index (χ0n) is 18.0. The molecule has 32 heavy (non-hydrogen) atoms. The molecule has 2 fully saturated rings. The Hall–Kier alpha value is -1.78. The highest BCUT2D eigenvalue weighted by atomic mass is 127. The monoisotopic (exact) mass is 573 g/mol. The molecule has 0 radical (unpaired) electrons. The van der Waals surface area contributed by atoms with Crippen LogP contribution in [0, 0.1) is 5.82 Å². The number of hydrogen-bond acceptors (Lipinski definition) is 4. The molecule has 9 heteroatoms. The first-order valence-corrected chi connectivity index (χ1v) is 11.1. The standard InChI is InChI=1S/C23H29ClFN5O.HI/c24-18-2-4-19(5-3-18)28-11-13-30(14-12-28)23(26)27-16-17-1-6-22(21(25)15-17)29-9-7-20(31)8-10-29;/h1-6,15,20,31H,7-14,16H2,(H2,26,27);1H. The van der Waals surface area contributed by atoms with Gasteiger partial charge in [0.1, 0.15) is 5.82 Å². The molecule has 2 saturated heterocycles. The molecule has 3 N–H and O–H groups in total. The van der Waals surface area contributed by atoms with Gasteiger partial charge in [-0.1, -0.05) is 17.7 Å². The maximum Gasteiger partial charge on any atom is 0.191 e. The molecule has 6 nitrogen and oxygen atoms in total. The van der Waals surface area contributed by atoms with Crippen molar-refractivity contribution in [3.8, 4) is 0 Å². The summed E-state index contributed by atoms with van der Waals surface area (Å²) in [6.07, 6.45) is 1.07. The van der Waals surface area contributed by atoms with Crippen LogP contribution in [0.3, 0.4) is 0 Å². The number of piperazine rings is 1. The van der Waals surface area contributed by atoms with E-state index in [9.17, 15) is 9.50 Å². The van der Waals surface area contributed by atoms with Crippen LogP contribution in [-0.2, 0) is 6.54 Å². The molecule has 0 saturated carbocycles. The Kier molecular flexibility index (Phi) is 8.84. The molecule has 0 unspecified atom stereocenters. The number of benzene rings is 2. The molecule has 2 aromatic rings. The summed E-state index contributed by atoms with van der Waals surface area (Å²) in [5.74, 6) is 0.240. The number of aliphatic imine (C=N–C) groups is 1. The van der Waals surface area contributed by atoms with E-state index in [0.717, 1.165) is 42.5 Å². The predicted molar refractivity (Wildman–Crippen MR) is 140 cm³/mol. The van der Waals surface area contributed by atoms with Crippen LogP contribution in [0.25, 0.3) is 0 Å². The molecular weight excluding hydrogens is 544 g/mol. The minimum atomic E-state index is -0.274. The highest BCUT2D eigenvalue weighted by molar-refractivity contribution is 14.0. The lowest BCUT2D eigenvalue weighted by molar-refractivity contribution is 0.145. The van der Waals surface area contributed by atoms with E-state index < -0.39 is 0 Å². The fourth-order valence-electron chi connectivity index (χ4n) is 4.13. The van der Waals surface area contributed by atoms with Crippen LogP contribution in [0.2, 0.25) is 5.02 Å². The zero-order chi connectivity index (χ0) is 21.8. The maximum absolute atomic E-state index is 14.6. The van der Waals surface area contributed by atoms with Gasteiger partial charge >= 0.3 is 0 Å². The maximum atomic E-state index is 14.6. The summed E-state index contributed by atoms with van der Waals surface area (Å²) >= 11 is 5.97. The molecule has 2 aromatic carbocycles. The van der Waals surface area contributed by atoms with E-state index in [1.165, 1.54) is 6.07 Å². The number of aliphatic hydroxyl groups is 1.